The highest BCUT2D eigenvalue weighted by Crippen LogP contribution is 2.29. The summed E-state index contributed by atoms with van der Waals surface area (Å²) in [5.74, 6) is 0. The SMILES string of the molecule is C=Cc1c(-c2cn[nH]c2C(/C=C\C)=N/C=C\C)ccnc1/C=C\C. The number of nitrogens with zero attached hydrogens (tertiary/aromatic N) is 3. The van der Waals surface area contributed by atoms with Crippen molar-refractivity contribution in [2.75, 3.05) is 0 Å². The number of rotatable bonds is 6. The first kappa shape index (κ1) is 17.3. The molecule has 2 aromatic rings. The summed E-state index contributed by atoms with van der Waals surface area (Å²) >= 11 is 0. The minimum atomic E-state index is 0.822. The Kier molecular flexibility index (Phi) is 6.20. The van der Waals surface area contributed by atoms with Crippen molar-refractivity contribution in [3.63, 3.8) is 0 Å². The molecule has 122 valence electrons. The molecule has 0 bridgehead atoms. The summed E-state index contributed by atoms with van der Waals surface area (Å²) < 4.78 is 0. The fraction of sp³-hybridized carbons (Fsp3) is 0.150. The van der Waals surface area contributed by atoms with Crippen LogP contribution in [0.15, 0.2) is 60.5 Å². The number of aliphatic imine (C=N–C) groups is 1. The summed E-state index contributed by atoms with van der Waals surface area (Å²) in [6.07, 6.45) is 17.0. The predicted octanol–water partition coefficient (Wildman–Crippen LogP) is 5.05. The summed E-state index contributed by atoms with van der Waals surface area (Å²) in [5, 5.41) is 7.29. The van der Waals surface area contributed by atoms with E-state index in [1.54, 1.807) is 12.4 Å². The first-order chi connectivity index (χ1) is 11.8. The summed E-state index contributed by atoms with van der Waals surface area (Å²) in [4.78, 5) is 8.92. The molecule has 0 spiro atoms. The Morgan fingerprint density at radius 3 is 2.67 bits per heavy atom. The van der Waals surface area contributed by atoms with Crippen molar-refractivity contribution < 1.29 is 0 Å². The smallest absolute Gasteiger partial charge is 0.0912 e. The predicted molar refractivity (Wildman–Crippen MR) is 103 cm³/mol. The van der Waals surface area contributed by atoms with Gasteiger partial charge in [0.25, 0.3) is 0 Å². The van der Waals surface area contributed by atoms with Gasteiger partial charge in [-0.15, -0.1) is 0 Å². The summed E-state index contributed by atoms with van der Waals surface area (Å²) in [6, 6.07) is 1.97. The molecule has 0 saturated heterocycles. The summed E-state index contributed by atoms with van der Waals surface area (Å²) in [7, 11) is 0. The normalized spacial score (nSPS) is 12.7. The van der Waals surface area contributed by atoms with E-state index in [0.29, 0.717) is 0 Å². The van der Waals surface area contributed by atoms with E-state index in [4.69, 9.17) is 0 Å². The molecule has 0 aromatic carbocycles. The number of aromatic nitrogens is 3. The fourth-order valence-electron chi connectivity index (χ4n) is 2.42. The van der Waals surface area contributed by atoms with Crippen LogP contribution in [0.25, 0.3) is 23.3 Å². The van der Waals surface area contributed by atoms with Gasteiger partial charge in [0.15, 0.2) is 0 Å². The minimum Gasteiger partial charge on any atom is -0.276 e. The molecule has 2 rings (SSSR count). The van der Waals surface area contributed by atoms with Gasteiger partial charge in [0.1, 0.15) is 0 Å². The standard InChI is InChI=1S/C20H22N4/c1-5-9-18-15(8-4)16(11-13-22-18)17-14-23-24-20(17)19(10-6-2)21-12-7-3/h5-14H,4H2,1-3H3,(H,23,24)/b9-5-,10-6-,12-7-,21-19+. The number of H-pyrrole nitrogens is 1. The molecule has 24 heavy (non-hydrogen) atoms. The molecule has 0 unspecified atom stereocenters. The van der Waals surface area contributed by atoms with Crippen LogP contribution in [0.4, 0.5) is 0 Å². The van der Waals surface area contributed by atoms with Gasteiger partial charge in [-0.3, -0.25) is 15.1 Å². The third-order valence-electron chi connectivity index (χ3n) is 3.42. The van der Waals surface area contributed by atoms with E-state index in [-0.39, 0.29) is 0 Å². The zero-order valence-corrected chi connectivity index (χ0v) is 14.3. The Labute approximate surface area is 143 Å². The molecule has 1 N–H and O–H groups in total. The van der Waals surface area contributed by atoms with Crippen LogP contribution >= 0.6 is 0 Å². The van der Waals surface area contributed by atoms with Gasteiger partial charge in [0, 0.05) is 23.5 Å². The van der Waals surface area contributed by atoms with E-state index in [0.717, 1.165) is 33.8 Å². The molecule has 4 heteroatoms. The maximum atomic E-state index is 4.50. The van der Waals surface area contributed by atoms with Crippen LogP contribution in [0.1, 0.15) is 37.7 Å². The Bertz CT molecular complexity index is 820. The van der Waals surface area contributed by atoms with Crippen molar-refractivity contribution in [2.24, 2.45) is 4.99 Å². The number of pyridine rings is 1. The topological polar surface area (TPSA) is 53.9 Å². The van der Waals surface area contributed by atoms with Crippen molar-refractivity contribution in [2.45, 2.75) is 20.8 Å². The lowest BCUT2D eigenvalue weighted by molar-refractivity contribution is 1.08. The van der Waals surface area contributed by atoms with E-state index < -0.39 is 0 Å². The molecule has 0 radical (unpaired) electrons. The Morgan fingerprint density at radius 1 is 1.17 bits per heavy atom. The van der Waals surface area contributed by atoms with E-state index >= 15 is 0 Å². The van der Waals surface area contributed by atoms with Gasteiger partial charge in [-0.05, 0) is 44.6 Å². The zero-order valence-electron chi connectivity index (χ0n) is 14.3. The number of allylic oxidation sites excluding steroid dienone is 4. The van der Waals surface area contributed by atoms with E-state index in [1.807, 2.05) is 69.5 Å². The zero-order chi connectivity index (χ0) is 17.4. The van der Waals surface area contributed by atoms with Crippen molar-refractivity contribution in [3.05, 3.63) is 72.5 Å². The number of aromatic amines is 1. The number of hydrogen-bond acceptors (Lipinski definition) is 3. The highest BCUT2D eigenvalue weighted by Gasteiger charge is 2.15. The average Bonchev–Trinajstić information content (AvgIpc) is 3.08. The van der Waals surface area contributed by atoms with Crippen LogP contribution < -0.4 is 0 Å². The fourth-order valence-corrected chi connectivity index (χ4v) is 2.42. The van der Waals surface area contributed by atoms with Crippen molar-refractivity contribution in [3.8, 4) is 11.1 Å². The average molecular weight is 318 g/mol. The maximum Gasteiger partial charge on any atom is 0.0912 e. The van der Waals surface area contributed by atoms with E-state index in [1.165, 1.54) is 0 Å². The first-order valence-corrected chi connectivity index (χ1v) is 7.86. The van der Waals surface area contributed by atoms with Gasteiger partial charge in [-0.25, -0.2) is 0 Å². The highest BCUT2D eigenvalue weighted by molar-refractivity contribution is 6.11. The van der Waals surface area contributed by atoms with Gasteiger partial charge in [0.2, 0.25) is 0 Å². The minimum absolute atomic E-state index is 0.822. The van der Waals surface area contributed by atoms with Crippen LogP contribution in [-0.2, 0) is 0 Å². The molecule has 4 nitrogen and oxygen atoms in total. The molecule has 0 fully saturated rings. The van der Waals surface area contributed by atoms with E-state index in [9.17, 15) is 0 Å². The van der Waals surface area contributed by atoms with Gasteiger partial charge in [-0.2, -0.15) is 5.10 Å². The molecule has 0 aliphatic rings. The summed E-state index contributed by atoms with van der Waals surface area (Å²) in [5.41, 5.74) is 5.54. The van der Waals surface area contributed by atoms with Crippen molar-refractivity contribution in [1.29, 1.82) is 0 Å². The largest absolute Gasteiger partial charge is 0.276 e. The number of nitrogens with one attached hydrogen (secondary N) is 1. The number of hydrogen-bond donors (Lipinski definition) is 1. The van der Waals surface area contributed by atoms with Crippen LogP contribution in [0.5, 0.6) is 0 Å². The molecule has 0 saturated carbocycles. The molecule has 0 aliphatic carbocycles. The monoisotopic (exact) mass is 318 g/mol. The quantitative estimate of drug-likeness (QED) is 0.758. The Balaban J connectivity index is 2.66. The Morgan fingerprint density at radius 2 is 2.00 bits per heavy atom. The molecular weight excluding hydrogens is 296 g/mol. The van der Waals surface area contributed by atoms with Gasteiger partial charge in [-0.1, -0.05) is 30.9 Å². The third-order valence-corrected chi connectivity index (χ3v) is 3.42. The summed E-state index contributed by atoms with van der Waals surface area (Å²) in [6.45, 7) is 9.82. The lowest BCUT2D eigenvalue weighted by Crippen LogP contribution is -2.01. The van der Waals surface area contributed by atoms with E-state index in [2.05, 4.69) is 26.8 Å². The highest BCUT2D eigenvalue weighted by atomic mass is 15.1. The maximum absolute atomic E-state index is 4.50. The first-order valence-electron chi connectivity index (χ1n) is 7.86. The second-order valence-electron chi connectivity index (χ2n) is 5.02. The van der Waals surface area contributed by atoms with Gasteiger partial charge >= 0.3 is 0 Å². The molecule has 0 amide bonds. The lowest BCUT2D eigenvalue weighted by atomic mass is 9.97. The molecular formula is C20H22N4. The van der Waals surface area contributed by atoms with Gasteiger partial charge in [0.05, 0.1) is 23.3 Å². The van der Waals surface area contributed by atoms with Crippen LogP contribution in [-0.4, -0.2) is 20.9 Å². The molecule has 0 aliphatic heterocycles. The second kappa shape index (κ2) is 8.58. The van der Waals surface area contributed by atoms with Gasteiger partial charge < -0.3 is 0 Å². The van der Waals surface area contributed by atoms with Crippen LogP contribution in [0, 0.1) is 0 Å². The van der Waals surface area contributed by atoms with Crippen LogP contribution in [0.2, 0.25) is 0 Å². The second-order valence-corrected chi connectivity index (χ2v) is 5.02. The Hall–Kier alpha value is -3.01. The lowest BCUT2D eigenvalue weighted by Gasteiger charge is -2.09. The van der Waals surface area contributed by atoms with Crippen LogP contribution in [0.3, 0.4) is 0 Å². The molecule has 2 aromatic heterocycles. The third kappa shape index (κ3) is 3.66. The van der Waals surface area contributed by atoms with Crippen molar-refractivity contribution in [1.82, 2.24) is 15.2 Å². The van der Waals surface area contributed by atoms with Crippen molar-refractivity contribution >= 4 is 17.9 Å². The molecule has 0 atom stereocenters. The molecule has 2 heterocycles.